The van der Waals surface area contributed by atoms with Gasteiger partial charge in [-0.15, -0.1) is 0 Å². The van der Waals surface area contributed by atoms with Crippen molar-refractivity contribution < 1.29 is 13.2 Å². The average Bonchev–Trinajstić information content (AvgIpc) is 2.66. The van der Waals surface area contributed by atoms with Crippen LogP contribution in [0.4, 0.5) is 5.82 Å². The van der Waals surface area contributed by atoms with Gasteiger partial charge in [0.05, 0.1) is 4.90 Å². The van der Waals surface area contributed by atoms with Crippen LogP contribution in [0.5, 0.6) is 0 Å². The molecule has 1 saturated heterocycles. The molecule has 144 valence electrons. The quantitative estimate of drug-likeness (QED) is 0.719. The fraction of sp³-hybridized carbons (Fsp3) is 0.353. The lowest BCUT2D eigenvalue weighted by atomic mass is 9.96. The van der Waals surface area contributed by atoms with Crippen LogP contribution in [0.2, 0.25) is 5.28 Å². The van der Waals surface area contributed by atoms with Crippen LogP contribution in [0.3, 0.4) is 0 Å². The lowest BCUT2D eigenvalue weighted by molar-refractivity contribution is -0.125. The van der Waals surface area contributed by atoms with Crippen molar-refractivity contribution in [3.05, 3.63) is 47.4 Å². The van der Waals surface area contributed by atoms with E-state index in [0.717, 1.165) is 24.2 Å². The number of rotatable bonds is 5. The highest BCUT2D eigenvalue weighted by Crippen LogP contribution is 2.22. The van der Waals surface area contributed by atoms with Gasteiger partial charge in [0.1, 0.15) is 5.82 Å². The van der Waals surface area contributed by atoms with Crippen molar-refractivity contribution in [2.24, 2.45) is 11.1 Å². The first-order valence-corrected chi connectivity index (χ1v) is 10.4. The van der Waals surface area contributed by atoms with Crippen molar-refractivity contribution >= 4 is 33.3 Å². The Bertz CT molecular complexity index is 912. The molecular formula is C17H20ClN5O3S. The minimum absolute atomic E-state index is 0.00843. The summed E-state index contributed by atoms with van der Waals surface area (Å²) in [6, 6.07) is 7.95. The van der Waals surface area contributed by atoms with E-state index in [9.17, 15) is 13.2 Å². The van der Waals surface area contributed by atoms with Crippen LogP contribution in [-0.4, -0.2) is 37.4 Å². The third-order valence-electron chi connectivity index (χ3n) is 4.52. The Morgan fingerprint density at radius 2 is 1.89 bits per heavy atom. The van der Waals surface area contributed by atoms with Crippen LogP contribution in [-0.2, 0) is 21.4 Å². The zero-order valence-electron chi connectivity index (χ0n) is 14.5. The SMILES string of the molecule is NS(=O)(=O)c1ccc(CNC(=O)C2CCN(c3ccnc(Cl)n3)CC2)cc1. The Hall–Kier alpha value is -2.23. The molecule has 0 bridgehead atoms. The van der Waals surface area contributed by atoms with Crippen LogP contribution in [0.15, 0.2) is 41.4 Å². The molecule has 27 heavy (non-hydrogen) atoms. The Kier molecular flexibility index (Phi) is 5.93. The molecule has 8 nitrogen and oxygen atoms in total. The maximum absolute atomic E-state index is 12.4. The highest BCUT2D eigenvalue weighted by atomic mass is 35.5. The normalized spacial score (nSPS) is 15.6. The Balaban J connectivity index is 1.50. The van der Waals surface area contributed by atoms with Crippen LogP contribution < -0.4 is 15.4 Å². The second-order valence-electron chi connectivity index (χ2n) is 6.35. The van der Waals surface area contributed by atoms with E-state index in [0.29, 0.717) is 19.6 Å². The van der Waals surface area contributed by atoms with Crippen LogP contribution in [0.25, 0.3) is 0 Å². The van der Waals surface area contributed by atoms with Crippen molar-refractivity contribution in [1.82, 2.24) is 15.3 Å². The second-order valence-corrected chi connectivity index (χ2v) is 8.25. The van der Waals surface area contributed by atoms with E-state index in [1.54, 1.807) is 24.4 Å². The van der Waals surface area contributed by atoms with Gasteiger partial charge in [-0.2, -0.15) is 0 Å². The van der Waals surface area contributed by atoms with Crippen molar-refractivity contribution in [3.63, 3.8) is 0 Å². The summed E-state index contributed by atoms with van der Waals surface area (Å²) in [7, 11) is -3.71. The van der Waals surface area contributed by atoms with E-state index in [1.807, 2.05) is 0 Å². The molecular weight excluding hydrogens is 390 g/mol. The van der Waals surface area contributed by atoms with Gasteiger partial charge in [0.25, 0.3) is 0 Å². The molecule has 1 aromatic heterocycles. The molecule has 2 heterocycles. The summed E-state index contributed by atoms with van der Waals surface area (Å²) < 4.78 is 22.5. The molecule has 1 fully saturated rings. The number of aromatic nitrogens is 2. The van der Waals surface area contributed by atoms with Gasteiger partial charge >= 0.3 is 0 Å². The molecule has 0 spiro atoms. The minimum Gasteiger partial charge on any atom is -0.356 e. The Labute approximate surface area is 162 Å². The minimum atomic E-state index is -3.71. The number of nitrogens with zero attached hydrogens (tertiary/aromatic N) is 3. The number of sulfonamides is 1. The lowest BCUT2D eigenvalue weighted by Gasteiger charge is -2.32. The zero-order chi connectivity index (χ0) is 19.4. The number of carbonyl (C=O) groups excluding carboxylic acids is 1. The fourth-order valence-corrected chi connectivity index (χ4v) is 3.66. The van der Waals surface area contributed by atoms with Gasteiger partial charge in [-0.05, 0) is 48.2 Å². The maximum Gasteiger partial charge on any atom is 0.238 e. The van der Waals surface area contributed by atoms with Crippen LogP contribution in [0, 0.1) is 5.92 Å². The summed E-state index contributed by atoms with van der Waals surface area (Å²) in [6.45, 7) is 1.77. The first-order valence-electron chi connectivity index (χ1n) is 8.46. The van der Waals surface area contributed by atoms with Gasteiger partial charge in [0, 0.05) is 31.7 Å². The highest BCUT2D eigenvalue weighted by Gasteiger charge is 2.25. The van der Waals surface area contributed by atoms with Gasteiger partial charge in [-0.25, -0.2) is 23.5 Å². The predicted molar refractivity (Wildman–Crippen MR) is 102 cm³/mol. The number of nitrogens with one attached hydrogen (secondary N) is 1. The summed E-state index contributed by atoms with van der Waals surface area (Å²) in [4.78, 5) is 22.6. The number of hydrogen-bond donors (Lipinski definition) is 2. The number of anilines is 1. The van der Waals surface area contributed by atoms with E-state index in [1.165, 1.54) is 12.1 Å². The molecule has 1 aliphatic heterocycles. The van der Waals surface area contributed by atoms with E-state index in [-0.39, 0.29) is 22.0 Å². The molecule has 3 N–H and O–H groups in total. The molecule has 2 aromatic rings. The van der Waals surface area contributed by atoms with Crippen molar-refractivity contribution in [3.8, 4) is 0 Å². The molecule has 10 heteroatoms. The second kappa shape index (κ2) is 8.20. The van der Waals surface area contributed by atoms with Crippen LogP contribution in [0.1, 0.15) is 18.4 Å². The number of hydrogen-bond acceptors (Lipinski definition) is 6. The van der Waals surface area contributed by atoms with Crippen molar-refractivity contribution in [1.29, 1.82) is 0 Å². The van der Waals surface area contributed by atoms with E-state index < -0.39 is 10.0 Å². The first kappa shape index (κ1) is 19.5. The zero-order valence-corrected chi connectivity index (χ0v) is 16.1. The summed E-state index contributed by atoms with van der Waals surface area (Å²) in [5.74, 6) is 0.692. The summed E-state index contributed by atoms with van der Waals surface area (Å²) >= 11 is 5.82. The van der Waals surface area contributed by atoms with Gasteiger partial charge in [0.15, 0.2) is 0 Å². The third-order valence-corrected chi connectivity index (χ3v) is 5.63. The summed E-state index contributed by atoms with van der Waals surface area (Å²) in [5, 5.41) is 8.19. The molecule has 3 rings (SSSR count). The van der Waals surface area contributed by atoms with E-state index in [4.69, 9.17) is 16.7 Å². The predicted octanol–water partition coefficient (Wildman–Crippen LogP) is 1.31. The highest BCUT2D eigenvalue weighted by molar-refractivity contribution is 7.89. The van der Waals surface area contributed by atoms with Crippen molar-refractivity contribution in [2.75, 3.05) is 18.0 Å². The van der Waals surface area contributed by atoms with Gasteiger partial charge in [-0.1, -0.05) is 12.1 Å². The number of piperidine rings is 1. The molecule has 1 aliphatic rings. The number of amides is 1. The molecule has 0 atom stereocenters. The molecule has 0 saturated carbocycles. The standard InChI is InChI=1S/C17H20ClN5O3S/c18-17-20-8-5-15(22-17)23-9-6-13(7-10-23)16(24)21-11-12-1-3-14(4-2-12)27(19,25)26/h1-5,8,13H,6-7,9-11H2,(H,21,24)(H2,19,25,26). The van der Waals surface area contributed by atoms with Crippen molar-refractivity contribution in [2.45, 2.75) is 24.3 Å². The van der Waals surface area contributed by atoms with Crippen LogP contribution >= 0.6 is 11.6 Å². The number of benzene rings is 1. The molecule has 1 aromatic carbocycles. The number of nitrogens with two attached hydrogens (primary N) is 1. The molecule has 0 aliphatic carbocycles. The molecule has 0 unspecified atom stereocenters. The molecule has 1 amide bonds. The van der Waals surface area contributed by atoms with Gasteiger partial charge < -0.3 is 10.2 Å². The first-order chi connectivity index (χ1) is 12.8. The van der Waals surface area contributed by atoms with Gasteiger partial charge in [0.2, 0.25) is 21.2 Å². The van der Waals surface area contributed by atoms with Gasteiger partial charge in [-0.3, -0.25) is 4.79 Å². The summed E-state index contributed by atoms with van der Waals surface area (Å²) in [5.41, 5.74) is 0.809. The maximum atomic E-state index is 12.4. The summed E-state index contributed by atoms with van der Waals surface area (Å²) in [6.07, 6.45) is 3.06. The number of halogens is 1. The smallest absolute Gasteiger partial charge is 0.238 e. The molecule has 0 radical (unpaired) electrons. The van der Waals surface area contributed by atoms with E-state index >= 15 is 0 Å². The fourth-order valence-electron chi connectivity index (χ4n) is 3.00. The number of carbonyl (C=O) groups is 1. The Morgan fingerprint density at radius 1 is 1.22 bits per heavy atom. The lowest BCUT2D eigenvalue weighted by Crippen LogP contribution is -2.40. The van der Waals surface area contributed by atoms with E-state index in [2.05, 4.69) is 20.2 Å². The monoisotopic (exact) mass is 409 g/mol. The Morgan fingerprint density at radius 3 is 2.48 bits per heavy atom. The third kappa shape index (κ3) is 5.15. The topological polar surface area (TPSA) is 118 Å². The number of primary sulfonamides is 1. The largest absolute Gasteiger partial charge is 0.356 e. The average molecular weight is 410 g/mol.